The lowest BCUT2D eigenvalue weighted by Crippen LogP contribution is -2.27. The summed E-state index contributed by atoms with van der Waals surface area (Å²) in [6, 6.07) is 0. The summed E-state index contributed by atoms with van der Waals surface area (Å²) >= 11 is 0. The fourth-order valence-corrected chi connectivity index (χ4v) is 2.71. The molecule has 0 unspecified atom stereocenters. The van der Waals surface area contributed by atoms with Crippen LogP contribution in [0.5, 0.6) is 0 Å². The number of Topliss-reactive ketones (excluding diaryl/α,β-unsaturated/α-hetero) is 1. The third kappa shape index (κ3) is 13.0. The van der Waals surface area contributed by atoms with Crippen LogP contribution in [-0.4, -0.2) is 44.2 Å². The van der Waals surface area contributed by atoms with Crippen LogP contribution in [0.2, 0.25) is 0 Å². The van der Waals surface area contributed by atoms with Crippen LogP contribution < -0.4 is 5.32 Å². The third-order valence-corrected chi connectivity index (χ3v) is 4.35. The maximum absolute atomic E-state index is 11.3. The van der Waals surface area contributed by atoms with Crippen molar-refractivity contribution in [2.75, 3.05) is 26.8 Å². The predicted molar refractivity (Wildman–Crippen MR) is 107 cm³/mol. The van der Waals surface area contributed by atoms with E-state index in [-0.39, 0.29) is 5.78 Å². The highest BCUT2D eigenvalue weighted by Crippen LogP contribution is 2.08. The first-order valence-corrected chi connectivity index (χ1v) is 10.1. The molecule has 7 nitrogen and oxygen atoms in total. The number of carbonyl (C=O) groups excluding carboxylic acids is 2. The molecule has 0 aliphatic carbocycles. The van der Waals surface area contributed by atoms with Gasteiger partial charge in [0.2, 0.25) is 5.78 Å². The predicted octanol–water partition coefficient (Wildman–Crippen LogP) is 3.99. The van der Waals surface area contributed by atoms with Gasteiger partial charge in [-0.3, -0.25) is 9.59 Å². The normalized spacial score (nSPS) is 13.3. The lowest BCUT2D eigenvalue weighted by atomic mass is 10.1. The number of hydrogen-bond donors (Lipinski definition) is 1. The summed E-state index contributed by atoms with van der Waals surface area (Å²) in [5.41, 5.74) is 0.916. The Morgan fingerprint density at radius 3 is 2.33 bits per heavy atom. The Labute approximate surface area is 162 Å². The van der Waals surface area contributed by atoms with E-state index in [1.54, 1.807) is 0 Å². The number of likely N-dealkylation sites (N-methyl/N-ethyl adjacent to an activating group) is 1. The zero-order valence-electron chi connectivity index (χ0n) is 16.6. The maximum Gasteiger partial charge on any atom is 0.287 e. The zero-order valence-corrected chi connectivity index (χ0v) is 16.6. The molecule has 1 rings (SSSR count). The highest BCUT2D eigenvalue weighted by molar-refractivity contribution is 6.36. The van der Waals surface area contributed by atoms with E-state index in [4.69, 9.17) is 4.74 Å². The standard InChI is InChI=1S/C20H34N4O3/c1-21-20(26)19(25)14-12-10-8-6-4-2-3-5-7-9-11-13-15-27-17-18-16-22-24-23-18/h2,4H,3,5-17H2,1H3,(H,21,26)/b4-2-. The number of nitrogens with one attached hydrogen (secondary N) is 1. The van der Waals surface area contributed by atoms with Crippen molar-refractivity contribution in [1.82, 2.24) is 5.32 Å². The van der Waals surface area contributed by atoms with Gasteiger partial charge in [0.15, 0.2) is 0 Å². The maximum atomic E-state index is 11.3. The first-order valence-electron chi connectivity index (χ1n) is 10.1. The molecular formula is C20H34N4O3. The van der Waals surface area contributed by atoms with Gasteiger partial charge in [0.1, 0.15) is 6.54 Å². The monoisotopic (exact) mass is 378 g/mol. The number of unbranched alkanes of at least 4 members (excludes halogenated alkanes) is 8. The first-order chi connectivity index (χ1) is 13.2. The quantitative estimate of drug-likeness (QED) is 0.236. The van der Waals surface area contributed by atoms with Crippen LogP contribution in [-0.2, 0) is 14.3 Å². The molecule has 0 saturated heterocycles. The smallest absolute Gasteiger partial charge is 0.287 e. The lowest BCUT2D eigenvalue weighted by molar-refractivity contribution is -0.137. The topological polar surface area (TPSA) is 92.5 Å². The fraction of sp³-hybridized carbons (Fsp3) is 0.750. The molecule has 0 saturated carbocycles. The molecule has 0 atom stereocenters. The Hall–Kier alpha value is -1.89. The largest absolute Gasteiger partial charge is 0.375 e. The van der Waals surface area contributed by atoms with Gasteiger partial charge in [-0.25, -0.2) is 0 Å². The SMILES string of the molecule is CNC(=O)C(=O)CCCCC/C=C\CCCCCCCOCC1=NN=NC1. The number of ether oxygens (including phenoxy) is 1. The van der Waals surface area contributed by atoms with Gasteiger partial charge in [-0.05, 0) is 43.7 Å². The second kappa shape index (κ2) is 16.3. The van der Waals surface area contributed by atoms with E-state index in [0.717, 1.165) is 50.8 Å². The van der Waals surface area contributed by atoms with E-state index < -0.39 is 5.91 Å². The zero-order chi connectivity index (χ0) is 19.6. The summed E-state index contributed by atoms with van der Waals surface area (Å²) < 4.78 is 5.55. The molecule has 0 aromatic heterocycles. The Bertz CT molecular complexity index is 515. The minimum absolute atomic E-state index is 0.310. The number of ketones is 1. The molecule has 0 bridgehead atoms. The van der Waals surface area contributed by atoms with Gasteiger partial charge in [0, 0.05) is 20.1 Å². The van der Waals surface area contributed by atoms with E-state index >= 15 is 0 Å². The second-order valence-corrected chi connectivity index (χ2v) is 6.74. The minimum atomic E-state index is -0.478. The molecule has 0 radical (unpaired) electrons. The van der Waals surface area contributed by atoms with Crippen LogP contribution in [0.4, 0.5) is 0 Å². The molecule has 1 heterocycles. The van der Waals surface area contributed by atoms with Crippen molar-refractivity contribution in [1.29, 1.82) is 0 Å². The van der Waals surface area contributed by atoms with Crippen LogP contribution >= 0.6 is 0 Å². The summed E-state index contributed by atoms with van der Waals surface area (Å²) in [7, 11) is 1.49. The molecule has 1 amide bonds. The van der Waals surface area contributed by atoms with Gasteiger partial charge in [-0.2, -0.15) is 5.11 Å². The number of nitrogens with zero attached hydrogens (tertiary/aromatic N) is 3. The van der Waals surface area contributed by atoms with E-state index in [0.29, 0.717) is 19.6 Å². The average Bonchev–Trinajstić information content (AvgIpc) is 3.20. The molecule has 152 valence electrons. The number of carbonyl (C=O) groups is 2. The summed E-state index contributed by atoms with van der Waals surface area (Å²) in [5.74, 6) is -0.788. The lowest BCUT2D eigenvalue weighted by Gasteiger charge is -2.03. The molecule has 0 aromatic carbocycles. The highest BCUT2D eigenvalue weighted by atomic mass is 16.5. The van der Waals surface area contributed by atoms with Crippen molar-refractivity contribution in [3.05, 3.63) is 12.2 Å². The summed E-state index contributed by atoms with van der Waals surface area (Å²) in [4.78, 5) is 22.4. The minimum Gasteiger partial charge on any atom is -0.375 e. The van der Waals surface area contributed by atoms with Gasteiger partial charge < -0.3 is 10.1 Å². The third-order valence-electron chi connectivity index (χ3n) is 4.35. The molecular weight excluding hydrogens is 344 g/mol. The second-order valence-electron chi connectivity index (χ2n) is 6.74. The van der Waals surface area contributed by atoms with Crippen molar-refractivity contribution >= 4 is 17.4 Å². The fourth-order valence-electron chi connectivity index (χ4n) is 2.71. The van der Waals surface area contributed by atoms with Crippen molar-refractivity contribution in [3.8, 4) is 0 Å². The first kappa shape index (κ1) is 23.1. The van der Waals surface area contributed by atoms with Crippen molar-refractivity contribution in [2.45, 2.75) is 70.6 Å². The Balaban J connectivity index is 1.76. The van der Waals surface area contributed by atoms with Crippen molar-refractivity contribution < 1.29 is 14.3 Å². The van der Waals surface area contributed by atoms with Gasteiger partial charge in [0.05, 0.1) is 12.3 Å². The summed E-state index contributed by atoms with van der Waals surface area (Å²) in [6.45, 7) is 1.93. The number of amides is 1. The van der Waals surface area contributed by atoms with Crippen molar-refractivity contribution in [3.63, 3.8) is 0 Å². The molecule has 0 aromatic rings. The Morgan fingerprint density at radius 2 is 1.67 bits per heavy atom. The summed E-state index contributed by atoms with van der Waals surface area (Å²) in [5, 5.41) is 13.6. The van der Waals surface area contributed by atoms with Crippen LogP contribution in [0, 0.1) is 0 Å². The van der Waals surface area contributed by atoms with Gasteiger partial charge in [0.25, 0.3) is 5.91 Å². The number of hydrogen-bond acceptors (Lipinski definition) is 6. The number of allylic oxidation sites excluding steroid dienone is 2. The van der Waals surface area contributed by atoms with Gasteiger partial charge in [-0.1, -0.05) is 37.8 Å². The van der Waals surface area contributed by atoms with Crippen LogP contribution in [0.3, 0.4) is 0 Å². The molecule has 0 fully saturated rings. The summed E-state index contributed by atoms with van der Waals surface area (Å²) in [6.07, 6.45) is 16.0. The van der Waals surface area contributed by atoms with Crippen LogP contribution in [0.15, 0.2) is 27.6 Å². The van der Waals surface area contributed by atoms with Crippen molar-refractivity contribution in [2.24, 2.45) is 15.4 Å². The molecule has 1 aliphatic rings. The van der Waals surface area contributed by atoms with E-state index in [2.05, 4.69) is 32.9 Å². The average molecular weight is 379 g/mol. The number of rotatable bonds is 17. The molecule has 1 N–H and O–H groups in total. The Kier molecular flexibility index (Phi) is 14.0. The highest BCUT2D eigenvalue weighted by Gasteiger charge is 2.09. The van der Waals surface area contributed by atoms with Crippen LogP contribution in [0.25, 0.3) is 0 Å². The van der Waals surface area contributed by atoms with E-state index in [1.165, 1.54) is 32.7 Å². The molecule has 27 heavy (non-hydrogen) atoms. The van der Waals surface area contributed by atoms with Crippen LogP contribution in [0.1, 0.15) is 70.6 Å². The molecule has 0 spiro atoms. The molecule has 1 aliphatic heterocycles. The van der Waals surface area contributed by atoms with Gasteiger partial charge >= 0.3 is 0 Å². The van der Waals surface area contributed by atoms with E-state index in [1.807, 2.05) is 0 Å². The molecule has 7 heteroatoms. The van der Waals surface area contributed by atoms with E-state index in [9.17, 15) is 9.59 Å². The van der Waals surface area contributed by atoms with Gasteiger partial charge in [-0.15, -0.1) is 5.10 Å². The Morgan fingerprint density at radius 1 is 1.00 bits per heavy atom.